The molecule has 172 valence electrons. The number of hydrogen-bond acceptors (Lipinski definition) is 4. The van der Waals surface area contributed by atoms with E-state index in [9.17, 15) is 9.59 Å². The Labute approximate surface area is 196 Å². The van der Waals surface area contributed by atoms with Crippen LogP contribution >= 0.6 is 11.3 Å². The van der Waals surface area contributed by atoms with Crippen molar-refractivity contribution >= 4 is 23.2 Å². The van der Waals surface area contributed by atoms with Crippen LogP contribution in [0.15, 0.2) is 41.8 Å². The summed E-state index contributed by atoms with van der Waals surface area (Å²) in [5.41, 5.74) is 2.33. The molecule has 2 fully saturated rings. The van der Waals surface area contributed by atoms with Gasteiger partial charge in [-0.05, 0) is 68.3 Å². The number of thiophene rings is 1. The topological polar surface area (TPSA) is 43.9 Å². The van der Waals surface area contributed by atoms with Gasteiger partial charge < -0.3 is 14.7 Å². The summed E-state index contributed by atoms with van der Waals surface area (Å²) in [5.74, 6) is 0.329. The van der Waals surface area contributed by atoms with Crippen molar-refractivity contribution in [1.29, 1.82) is 0 Å². The third-order valence-electron chi connectivity index (χ3n) is 6.85. The molecule has 0 spiro atoms. The van der Waals surface area contributed by atoms with Crippen molar-refractivity contribution in [2.45, 2.75) is 52.1 Å². The van der Waals surface area contributed by atoms with Gasteiger partial charge in [0.1, 0.15) is 0 Å². The Morgan fingerprint density at radius 1 is 1.00 bits per heavy atom. The number of likely N-dealkylation sites (tertiary alicyclic amines) is 1. The Hall–Kier alpha value is -2.18. The highest BCUT2D eigenvalue weighted by atomic mass is 32.1. The zero-order chi connectivity index (χ0) is 22.3. The number of hydrogen-bond donors (Lipinski definition) is 0. The molecule has 1 aromatic carbocycles. The Morgan fingerprint density at radius 3 is 2.38 bits per heavy atom. The normalized spacial score (nSPS) is 16.7. The number of benzene rings is 1. The lowest BCUT2D eigenvalue weighted by Crippen LogP contribution is -2.48. The van der Waals surface area contributed by atoms with E-state index in [0.717, 1.165) is 44.5 Å². The smallest absolute Gasteiger partial charge is 0.242 e. The zero-order valence-corrected chi connectivity index (χ0v) is 20.0. The van der Waals surface area contributed by atoms with Crippen molar-refractivity contribution in [3.05, 3.63) is 57.8 Å². The summed E-state index contributed by atoms with van der Waals surface area (Å²) in [6.07, 6.45) is 5.54. The van der Waals surface area contributed by atoms with E-state index in [-0.39, 0.29) is 24.3 Å². The van der Waals surface area contributed by atoms with Crippen LogP contribution in [0.5, 0.6) is 0 Å². The largest absolute Gasteiger partial charge is 0.332 e. The molecule has 6 heteroatoms. The highest BCUT2D eigenvalue weighted by Crippen LogP contribution is 2.28. The monoisotopic (exact) mass is 453 g/mol. The summed E-state index contributed by atoms with van der Waals surface area (Å²) in [6.45, 7) is 7.17. The molecule has 0 atom stereocenters. The minimum atomic E-state index is 0.0377. The predicted octanol–water partition coefficient (Wildman–Crippen LogP) is 4.31. The summed E-state index contributed by atoms with van der Waals surface area (Å²) < 4.78 is 0. The van der Waals surface area contributed by atoms with Crippen molar-refractivity contribution in [2.24, 2.45) is 5.92 Å². The lowest BCUT2D eigenvalue weighted by atomic mass is 9.84. The maximum atomic E-state index is 13.5. The van der Waals surface area contributed by atoms with Gasteiger partial charge in [-0.15, -0.1) is 11.3 Å². The summed E-state index contributed by atoms with van der Waals surface area (Å²) in [6, 6.07) is 12.2. The van der Waals surface area contributed by atoms with Gasteiger partial charge in [0.15, 0.2) is 0 Å². The standard InChI is InChI=1S/C26H35N3O2S/c1-21-12-17-32-24(21)19-29(18-22-8-3-2-4-9-22)25(30)20-28(26(31)23-10-7-11-23)16-15-27-13-5-6-14-27/h2-4,8-9,12,17,23H,5-7,10-11,13-16,18-20H2,1H3. The van der Waals surface area contributed by atoms with Gasteiger partial charge in [0.05, 0.1) is 13.1 Å². The molecule has 32 heavy (non-hydrogen) atoms. The second-order valence-corrected chi connectivity index (χ2v) is 10.2. The molecule has 1 saturated heterocycles. The van der Waals surface area contributed by atoms with Crippen LogP contribution in [0.1, 0.15) is 48.1 Å². The first-order chi connectivity index (χ1) is 15.6. The summed E-state index contributed by atoms with van der Waals surface area (Å²) in [5, 5.41) is 2.08. The van der Waals surface area contributed by atoms with Crippen molar-refractivity contribution < 1.29 is 9.59 Å². The molecule has 2 amide bonds. The van der Waals surface area contributed by atoms with E-state index in [1.807, 2.05) is 28.0 Å². The molecule has 1 aliphatic heterocycles. The van der Waals surface area contributed by atoms with Gasteiger partial charge >= 0.3 is 0 Å². The summed E-state index contributed by atoms with van der Waals surface area (Å²) >= 11 is 1.69. The average Bonchev–Trinajstić information content (AvgIpc) is 3.42. The van der Waals surface area contributed by atoms with Gasteiger partial charge in [-0.1, -0.05) is 36.8 Å². The van der Waals surface area contributed by atoms with Gasteiger partial charge in [0.2, 0.25) is 11.8 Å². The van der Waals surface area contributed by atoms with Crippen LogP contribution in [-0.4, -0.2) is 59.2 Å². The molecule has 1 aliphatic carbocycles. The number of carbonyl (C=O) groups excluding carboxylic acids is 2. The van der Waals surface area contributed by atoms with E-state index in [0.29, 0.717) is 19.6 Å². The molecule has 0 radical (unpaired) electrons. The lowest BCUT2D eigenvalue weighted by Gasteiger charge is -2.34. The lowest BCUT2D eigenvalue weighted by molar-refractivity contribution is -0.145. The van der Waals surface area contributed by atoms with Crippen molar-refractivity contribution in [2.75, 3.05) is 32.7 Å². The van der Waals surface area contributed by atoms with Crippen LogP contribution in [0, 0.1) is 12.8 Å². The zero-order valence-electron chi connectivity index (χ0n) is 19.2. The van der Waals surface area contributed by atoms with Crippen LogP contribution in [0.2, 0.25) is 0 Å². The Bertz CT molecular complexity index is 887. The summed E-state index contributed by atoms with van der Waals surface area (Å²) in [7, 11) is 0. The molecule has 2 heterocycles. The molecule has 1 aromatic heterocycles. The second-order valence-electron chi connectivity index (χ2n) is 9.20. The molecule has 0 unspecified atom stereocenters. The Kier molecular flexibility index (Phi) is 7.98. The van der Waals surface area contributed by atoms with E-state index in [4.69, 9.17) is 0 Å². The predicted molar refractivity (Wildman–Crippen MR) is 129 cm³/mol. The molecule has 5 nitrogen and oxygen atoms in total. The Balaban J connectivity index is 1.46. The van der Waals surface area contributed by atoms with Gasteiger partial charge in [-0.2, -0.15) is 0 Å². The van der Waals surface area contributed by atoms with E-state index in [1.165, 1.54) is 23.3 Å². The van der Waals surface area contributed by atoms with Crippen LogP contribution in [0.3, 0.4) is 0 Å². The van der Waals surface area contributed by atoms with Crippen molar-refractivity contribution in [3.63, 3.8) is 0 Å². The van der Waals surface area contributed by atoms with E-state index >= 15 is 0 Å². The maximum absolute atomic E-state index is 13.5. The van der Waals surface area contributed by atoms with Gasteiger partial charge in [0, 0.05) is 30.4 Å². The number of aryl methyl sites for hydroxylation is 1. The van der Waals surface area contributed by atoms with E-state index in [2.05, 4.69) is 35.4 Å². The summed E-state index contributed by atoms with van der Waals surface area (Å²) in [4.78, 5) is 34.1. The van der Waals surface area contributed by atoms with Gasteiger partial charge in [-0.25, -0.2) is 0 Å². The minimum Gasteiger partial charge on any atom is -0.332 e. The number of nitrogens with zero attached hydrogens (tertiary/aromatic N) is 3. The molecule has 0 bridgehead atoms. The highest BCUT2D eigenvalue weighted by molar-refractivity contribution is 7.10. The Morgan fingerprint density at radius 2 is 1.75 bits per heavy atom. The molecule has 1 saturated carbocycles. The minimum absolute atomic E-state index is 0.0377. The molecular weight excluding hydrogens is 418 g/mol. The fraction of sp³-hybridized carbons (Fsp3) is 0.538. The molecule has 2 aliphatic rings. The average molecular weight is 454 g/mol. The fourth-order valence-corrected chi connectivity index (χ4v) is 5.41. The van der Waals surface area contributed by atoms with Crippen LogP contribution in [-0.2, 0) is 22.7 Å². The molecular formula is C26H35N3O2S. The van der Waals surface area contributed by atoms with Crippen LogP contribution in [0.25, 0.3) is 0 Å². The van der Waals surface area contributed by atoms with Crippen LogP contribution < -0.4 is 0 Å². The first-order valence-corrected chi connectivity index (χ1v) is 12.8. The first-order valence-electron chi connectivity index (χ1n) is 12.0. The van der Waals surface area contributed by atoms with Gasteiger partial charge in [0.25, 0.3) is 0 Å². The number of rotatable bonds is 10. The maximum Gasteiger partial charge on any atom is 0.242 e. The quantitative estimate of drug-likeness (QED) is 0.538. The first kappa shape index (κ1) is 23.0. The molecule has 0 N–H and O–H groups in total. The number of amides is 2. The molecule has 2 aromatic rings. The van der Waals surface area contributed by atoms with Crippen LogP contribution in [0.4, 0.5) is 0 Å². The number of carbonyl (C=O) groups is 2. The third kappa shape index (κ3) is 5.99. The fourth-order valence-electron chi connectivity index (χ4n) is 4.49. The van der Waals surface area contributed by atoms with Crippen molar-refractivity contribution in [3.8, 4) is 0 Å². The SMILES string of the molecule is Cc1ccsc1CN(Cc1ccccc1)C(=O)CN(CCN1CCCC1)C(=O)C1CCC1. The third-order valence-corrected chi connectivity index (χ3v) is 7.86. The van der Waals surface area contributed by atoms with Crippen molar-refractivity contribution in [1.82, 2.24) is 14.7 Å². The molecule has 4 rings (SSSR count). The van der Waals surface area contributed by atoms with E-state index in [1.54, 1.807) is 11.3 Å². The van der Waals surface area contributed by atoms with Gasteiger partial charge in [-0.3, -0.25) is 9.59 Å². The van der Waals surface area contributed by atoms with E-state index < -0.39 is 0 Å². The highest BCUT2D eigenvalue weighted by Gasteiger charge is 2.31. The second kappa shape index (κ2) is 11.1.